The first-order valence-electron chi connectivity index (χ1n) is 7.80. The number of nitrogens with one attached hydrogen (secondary N) is 1. The van der Waals surface area contributed by atoms with Crippen molar-refractivity contribution in [2.75, 3.05) is 5.75 Å². The summed E-state index contributed by atoms with van der Waals surface area (Å²) in [6, 6.07) is 3.99. The summed E-state index contributed by atoms with van der Waals surface area (Å²) in [6.45, 7) is 5.70. The number of amides is 1. The number of carbonyl (C=O) groups is 2. The molecule has 1 amide bonds. The van der Waals surface area contributed by atoms with Crippen molar-refractivity contribution in [3.63, 3.8) is 0 Å². The first-order chi connectivity index (χ1) is 11.2. The standard InChI is InChI=1S/C17H23N3O3S/c1-12-4-5-14-18-13(9-20(14)8-12)10-24-11-15(21)19-17(2,3)7-6-16(22)23/h4-5,8-9H,6-7,10-11H2,1-3H3,(H,19,21)(H,22,23). The molecule has 0 bridgehead atoms. The molecule has 2 heterocycles. The van der Waals surface area contributed by atoms with Crippen molar-refractivity contribution in [3.05, 3.63) is 35.8 Å². The van der Waals surface area contributed by atoms with Crippen LogP contribution in [0.25, 0.3) is 5.65 Å². The van der Waals surface area contributed by atoms with Gasteiger partial charge in [-0.15, -0.1) is 11.8 Å². The number of hydrogen-bond donors (Lipinski definition) is 2. The van der Waals surface area contributed by atoms with E-state index in [1.54, 1.807) is 0 Å². The molecule has 0 aromatic carbocycles. The molecular weight excluding hydrogens is 326 g/mol. The highest BCUT2D eigenvalue weighted by Gasteiger charge is 2.21. The number of aliphatic carboxylic acids is 1. The zero-order valence-corrected chi connectivity index (χ0v) is 15.0. The lowest BCUT2D eigenvalue weighted by molar-refractivity contribution is -0.137. The Labute approximate surface area is 145 Å². The van der Waals surface area contributed by atoms with Gasteiger partial charge in [-0.3, -0.25) is 9.59 Å². The first kappa shape index (κ1) is 18.3. The van der Waals surface area contributed by atoms with Gasteiger partial charge in [0.1, 0.15) is 5.65 Å². The van der Waals surface area contributed by atoms with Gasteiger partial charge in [0.2, 0.25) is 5.91 Å². The Hall–Kier alpha value is -2.02. The van der Waals surface area contributed by atoms with E-state index in [1.807, 2.05) is 49.7 Å². The van der Waals surface area contributed by atoms with Gasteiger partial charge in [0.15, 0.2) is 0 Å². The number of carbonyl (C=O) groups excluding carboxylic acids is 1. The molecule has 2 aromatic rings. The Morgan fingerprint density at radius 2 is 2.08 bits per heavy atom. The number of thioether (sulfide) groups is 1. The molecule has 2 rings (SSSR count). The van der Waals surface area contributed by atoms with E-state index in [0.717, 1.165) is 11.3 Å². The summed E-state index contributed by atoms with van der Waals surface area (Å²) in [5.74, 6) is 0.0383. The number of pyridine rings is 1. The van der Waals surface area contributed by atoms with Crippen LogP contribution in [0.2, 0.25) is 0 Å². The molecule has 0 aliphatic heterocycles. The summed E-state index contributed by atoms with van der Waals surface area (Å²) < 4.78 is 1.99. The number of carboxylic acid groups (broad SMARTS) is 1. The molecular formula is C17H23N3O3S. The van der Waals surface area contributed by atoms with Crippen molar-refractivity contribution in [2.24, 2.45) is 0 Å². The van der Waals surface area contributed by atoms with Crippen molar-refractivity contribution < 1.29 is 14.7 Å². The predicted octanol–water partition coefficient (Wildman–Crippen LogP) is 2.64. The van der Waals surface area contributed by atoms with Gasteiger partial charge in [-0.2, -0.15) is 0 Å². The summed E-state index contributed by atoms with van der Waals surface area (Å²) in [4.78, 5) is 27.2. The minimum Gasteiger partial charge on any atom is -0.481 e. The number of hydrogen-bond acceptors (Lipinski definition) is 4. The molecule has 0 saturated carbocycles. The molecule has 0 atom stereocenters. The summed E-state index contributed by atoms with van der Waals surface area (Å²) in [5, 5.41) is 11.6. The highest BCUT2D eigenvalue weighted by molar-refractivity contribution is 7.99. The monoisotopic (exact) mass is 349 g/mol. The molecule has 0 spiro atoms. The molecule has 0 aliphatic rings. The molecule has 0 unspecified atom stereocenters. The van der Waals surface area contributed by atoms with E-state index in [0.29, 0.717) is 17.9 Å². The Morgan fingerprint density at radius 1 is 1.33 bits per heavy atom. The number of imidazole rings is 1. The van der Waals surface area contributed by atoms with E-state index < -0.39 is 11.5 Å². The van der Waals surface area contributed by atoms with E-state index in [1.165, 1.54) is 17.3 Å². The van der Waals surface area contributed by atoms with Crippen molar-refractivity contribution in [3.8, 4) is 0 Å². The Kier molecular flexibility index (Phi) is 5.88. The third-order valence-electron chi connectivity index (χ3n) is 3.57. The van der Waals surface area contributed by atoms with Crippen LogP contribution in [0.5, 0.6) is 0 Å². The van der Waals surface area contributed by atoms with Crippen LogP contribution in [0.3, 0.4) is 0 Å². The average Bonchev–Trinajstić information content (AvgIpc) is 2.86. The van der Waals surface area contributed by atoms with Crippen LogP contribution in [0, 0.1) is 6.92 Å². The SMILES string of the molecule is Cc1ccc2nc(CSCC(=O)NC(C)(C)CCC(=O)O)cn2c1. The molecule has 0 radical (unpaired) electrons. The normalized spacial score (nSPS) is 11.6. The quantitative estimate of drug-likeness (QED) is 0.765. The third kappa shape index (κ3) is 5.56. The first-order valence-corrected chi connectivity index (χ1v) is 8.95. The molecule has 0 aliphatic carbocycles. The Morgan fingerprint density at radius 3 is 2.79 bits per heavy atom. The maximum Gasteiger partial charge on any atom is 0.303 e. The lowest BCUT2D eigenvalue weighted by Crippen LogP contribution is -2.44. The number of carboxylic acids is 1. The number of rotatable bonds is 8. The molecule has 24 heavy (non-hydrogen) atoms. The van der Waals surface area contributed by atoms with Crippen LogP contribution >= 0.6 is 11.8 Å². The maximum absolute atomic E-state index is 12.0. The molecule has 6 nitrogen and oxygen atoms in total. The number of aryl methyl sites for hydroxylation is 1. The molecule has 0 fully saturated rings. The van der Waals surface area contributed by atoms with E-state index in [-0.39, 0.29) is 12.3 Å². The van der Waals surface area contributed by atoms with Crippen LogP contribution in [0.4, 0.5) is 0 Å². The van der Waals surface area contributed by atoms with Gasteiger partial charge in [0.05, 0.1) is 11.4 Å². The second kappa shape index (κ2) is 7.70. The van der Waals surface area contributed by atoms with Gasteiger partial charge >= 0.3 is 5.97 Å². The Bertz CT molecular complexity index is 740. The van der Waals surface area contributed by atoms with Crippen molar-refractivity contribution in [1.82, 2.24) is 14.7 Å². The molecule has 130 valence electrons. The van der Waals surface area contributed by atoms with Crippen LogP contribution in [-0.2, 0) is 15.3 Å². The van der Waals surface area contributed by atoms with Gasteiger partial charge in [-0.25, -0.2) is 4.98 Å². The van der Waals surface area contributed by atoms with Gasteiger partial charge < -0.3 is 14.8 Å². The fourth-order valence-electron chi connectivity index (χ4n) is 2.37. The van der Waals surface area contributed by atoms with Gasteiger partial charge in [-0.05, 0) is 38.8 Å². The van der Waals surface area contributed by atoms with Crippen LogP contribution in [0.1, 0.15) is 37.9 Å². The second-order valence-corrected chi connectivity index (χ2v) is 7.51. The average molecular weight is 349 g/mol. The van der Waals surface area contributed by atoms with E-state index >= 15 is 0 Å². The minimum atomic E-state index is -0.853. The summed E-state index contributed by atoms with van der Waals surface area (Å²) in [5.41, 5.74) is 2.48. The largest absolute Gasteiger partial charge is 0.481 e. The zero-order valence-electron chi connectivity index (χ0n) is 14.2. The molecule has 2 N–H and O–H groups in total. The summed E-state index contributed by atoms with van der Waals surface area (Å²) in [7, 11) is 0. The second-order valence-electron chi connectivity index (χ2n) is 6.52. The zero-order chi connectivity index (χ0) is 17.7. The van der Waals surface area contributed by atoms with E-state index in [4.69, 9.17) is 5.11 Å². The maximum atomic E-state index is 12.0. The summed E-state index contributed by atoms with van der Waals surface area (Å²) in [6.07, 6.45) is 4.45. The van der Waals surface area contributed by atoms with Crippen LogP contribution in [0.15, 0.2) is 24.5 Å². The molecule has 2 aromatic heterocycles. The number of aromatic nitrogens is 2. The number of fused-ring (bicyclic) bond motifs is 1. The lowest BCUT2D eigenvalue weighted by atomic mass is 9.98. The fourth-order valence-corrected chi connectivity index (χ4v) is 3.08. The summed E-state index contributed by atoms with van der Waals surface area (Å²) >= 11 is 1.49. The van der Waals surface area contributed by atoms with E-state index in [2.05, 4.69) is 10.3 Å². The molecule has 7 heteroatoms. The van der Waals surface area contributed by atoms with Crippen LogP contribution < -0.4 is 5.32 Å². The van der Waals surface area contributed by atoms with Gasteiger partial charge in [0, 0.05) is 30.1 Å². The van der Waals surface area contributed by atoms with Crippen molar-refractivity contribution in [1.29, 1.82) is 0 Å². The topological polar surface area (TPSA) is 83.7 Å². The molecule has 0 saturated heterocycles. The number of nitrogens with zero attached hydrogens (tertiary/aromatic N) is 2. The lowest BCUT2D eigenvalue weighted by Gasteiger charge is -2.25. The predicted molar refractivity (Wildman–Crippen MR) is 95.2 cm³/mol. The van der Waals surface area contributed by atoms with E-state index in [9.17, 15) is 9.59 Å². The van der Waals surface area contributed by atoms with Gasteiger partial charge in [0.25, 0.3) is 0 Å². The minimum absolute atomic E-state index is 0.0427. The van der Waals surface area contributed by atoms with Crippen molar-refractivity contribution >= 4 is 29.3 Å². The highest BCUT2D eigenvalue weighted by Crippen LogP contribution is 2.15. The van der Waals surface area contributed by atoms with Gasteiger partial charge in [-0.1, -0.05) is 6.07 Å². The fraction of sp³-hybridized carbons (Fsp3) is 0.471. The van der Waals surface area contributed by atoms with Crippen LogP contribution in [-0.4, -0.2) is 37.7 Å². The Balaban J connectivity index is 1.80. The highest BCUT2D eigenvalue weighted by atomic mass is 32.2. The smallest absolute Gasteiger partial charge is 0.303 e. The third-order valence-corrected chi connectivity index (χ3v) is 4.54. The van der Waals surface area contributed by atoms with Crippen molar-refractivity contribution in [2.45, 2.75) is 44.9 Å².